The van der Waals surface area contributed by atoms with Crippen LogP contribution in [0.4, 0.5) is 0 Å². The van der Waals surface area contributed by atoms with E-state index in [-0.39, 0.29) is 0 Å². The molecule has 0 atom stereocenters. The second kappa shape index (κ2) is 4.05. The minimum absolute atomic E-state index is 0.458. The van der Waals surface area contributed by atoms with Crippen LogP contribution in [0.3, 0.4) is 0 Å². The Labute approximate surface area is 74.5 Å². The summed E-state index contributed by atoms with van der Waals surface area (Å²) in [5.41, 5.74) is 1.39. The fourth-order valence-electron chi connectivity index (χ4n) is 1.09. The summed E-state index contributed by atoms with van der Waals surface area (Å²) >= 11 is 0. The summed E-state index contributed by atoms with van der Waals surface area (Å²) in [6.07, 6.45) is 4.43. The number of carbonyl (C=O) groups excluding carboxylic acids is 1. The van der Waals surface area contributed by atoms with Gasteiger partial charge in [-0.1, -0.05) is 30.9 Å². The zero-order valence-corrected chi connectivity index (χ0v) is 8.05. The number of allylic oxidation sites excluding steroid dienone is 4. The lowest BCUT2D eigenvalue weighted by atomic mass is 9.82. The summed E-state index contributed by atoms with van der Waals surface area (Å²) in [7, 11) is 0. The molecule has 0 aliphatic carbocycles. The first-order valence-corrected chi connectivity index (χ1v) is 3.91. The van der Waals surface area contributed by atoms with Gasteiger partial charge >= 0.3 is 0 Å². The molecule has 0 N–H and O–H groups in total. The van der Waals surface area contributed by atoms with Gasteiger partial charge in [-0.25, -0.2) is 0 Å². The molecular weight excluding hydrogens is 148 g/mol. The fourth-order valence-corrected chi connectivity index (χ4v) is 1.09. The molecule has 12 heavy (non-hydrogen) atoms. The summed E-state index contributed by atoms with van der Waals surface area (Å²) in [6.45, 7) is 13.0. The van der Waals surface area contributed by atoms with E-state index in [2.05, 4.69) is 13.2 Å². The van der Waals surface area contributed by atoms with Gasteiger partial charge in [0.1, 0.15) is 6.29 Å². The highest BCUT2D eigenvalue weighted by Gasteiger charge is 2.21. The molecule has 0 aromatic rings. The first kappa shape index (κ1) is 10.9. The zero-order chi connectivity index (χ0) is 9.78. The number of carbonyl (C=O) groups is 1. The quantitative estimate of drug-likeness (QED) is 0.461. The molecule has 0 saturated carbocycles. The van der Waals surface area contributed by atoms with Crippen molar-refractivity contribution in [3.63, 3.8) is 0 Å². The molecule has 0 unspecified atom stereocenters. The van der Waals surface area contributed by atoms with E-state index in [0.717, 1.165) is 17.4 Å². The van der Waals surface area contributed by atoms with Crippen LogP contribution in [-0.2, 0) is 4.79 Å². The van der Waals surface area contributed by atoms with Gasteiger partial charge in [-0.3, -0.25) is 0 Å². The van der Waals surface area contributed by atoms with Crippen molar-refractivity contribution in [2.75, 3.05) is 0 Å². The van der Waals surface area contributed by atoms with Crippen LogP contribution in [0, 0.1) is 5.41 Å². The van der Waals surface area contributed by atoms with Gasteiger partial charge in [0.25, 0.3) is 0 Å². The number of hydrogen-bond acceptors (Lipinski definition) is 1. The van der Waals surface area contributed by atoms with E-state index in [0.29, 0.717) is 0 Å². The normalized spacial score (nSPS) is 12.4. The van der Waals surface area contributed by atoms with Gasteiger partial charge in [0, 0.05) is 5.41 Å². The molecule has 0 bridgehead atoms. The Morgan fingerprint density at radius 2 is 1.92 bits per heavy atom. The molecule has 0 spiro atoms. The van der Waals surface area contributed by atoms with E-state index < -0.39 is 5.41 Å². The fraction of sp³-hybridized carbons (Fsp3) is 0.364. The summed E-state index contributed by atoms with van der Waals surface area (Å²) in [5, 5.41) is 0. The smallest absolute Gasteiger partial charge is 0.129 e. The van der Waals surface area contributed by atoms with E-state index in [1.165, 1.54) is 0 Å². The van der Waals surface area contributed by atoms with E-state index in [1.54, 1.807) is 6.08 Å². The lowest BCUT2D eigenvalue weighted by Crippen LogP contribution is -2.16. The van der Waals surface area contributed by atoms with Gasteiger partial charge in [-0.05, 0) is 26.3 Å². The maximum atomic E-state index is 10.7. The molecule has 0 fully saturated rings. The largest absolute Gasteiger partial charge is 0.302 e. The van der Waals surface area contributed by atoms with Crippen molar-refractivity contribution in [3.05, 3.63) is 36.5 Å². The minimum atomic E-state index is -0.458. The van der Waals surface area contributed by atoms with Crippen molar-refractivity contribution >= 4 is 6.29 Å². The summed E-state index contributed by atoms with van der Waals surface area (Å²) in [6, 6.07) is 0. The molecule has 0 rings (SSSR count). The van der Waals surface area contributed by atoms with Crippen molar-refractivity contribution in [2.45, 2.75) is 20.8 Å². The third-order valence-electron chi connectivity index (χ3n) is 1.73. The number of rotatable bonds is 4. The predicted molar refractivity (Wildman–Crippen MR) is 52.9 cm³/mol. The Bertz CT molecular complexity index is 231. The number of hydrogen-bond donors (Lipinski definition) is 0. The van der Waals surface area contributed by atoms with Crippen molar-refractivity contribution in [3.8, 4) is 0 Å². The highest BCUT2D eigenvalue weighted by atomic mass is 16.1. The van der Waals surface area contributed by atoms with Crippen LogP contribution in [0.15, 0.2) is 36.5 Å². The Morgan fingerprint density at radius 1 is 1.42 bits per heavy atom. The van der Waals surface area contributed by atoms with Gasteiger partial charge in [0.05, 0.1) is 0 Å². The first-order chi connectivity index (χ1) is 5.45. The highest BCUT2D eigenvalue weighted by Crippen LogP contribution is 2.28. The summed E-state index contributed by atoms with van der Waals surface area (Å²) in [4.78, 5) is 10.7. The Balaban J connectivity index is 5.00. The molecule has 0 aliphatic rings. The molecular formula is C11H16O. The Hall–Kier alpha value is -1.11. The average molecular weight is 164 g/mol. The molecule has 66 valence electrons. The number of aldehydes is 1. The molecule has 0 amide bonds. The van der Waals surface area contributed by atoms with Gasteiger partial charge in [0.2, 0.25) is 0 Å². The van der Waals surface area contributed by atoms with Gasteiger partial charge in [-0.2, -0.15) is 0 Å². The maximum absolute atomic E-state index is 10.7. The average Bonchev–Trinajstić information content (AvgIpc) is 1.99. The van der Waals surface area contributed by atoms with E-state index in [9.17, 15) is 4.79 Å². The second-order valence-electron chi connectivity index (χ2n) is 3.44. The zero-order valence-electron chi connectivity index (χ0n) is 8.05. The highest BCUT2D eigenvalue weighted by molar-refractivity contribution is 5.66. The van der Waals surface area contributed by atoms with E-state index in [4.69, 9.17) is 0 Å². The molecule has 0 saturated heterocycles. The summed E-state index contributed by atoms with van der Waals surface area (Å²) in [5.74, 6) is 0. The topological polar surface area (TPSA) is 17.1 Å². The van der Waals surface area contributed by atoms with Crippen LogP contribution in [0.5, 0.6) is 0 Å². The van der Waals surface area contributed by atoms with Crippen LogP contribution in [-0.4, -0.2) is 6.29 Å². The van der Waals surface area contributed by atoms with E-state index >= 15 is 0 Å². The van der Waals surface area contributed by atoms with Crippen LogP contribution < -0.4 is 0 Å². The van der Waals surface area contributed by atoms with Gasteiger partial charge < -0.3 is 4.79 Å². The van der Waals surface area contributed by atoms with Crippen LogP contribution >= 0.6 is 0 Å². The third kappa shape index (κ3) is 2.50. The lowest BCUT2D eigenvalue weighted by molar-refractivity contribution is -0.113. The molecule has 0 aromatic carbocycles. The minimum Gasteiger partial charge on any atom is -0.302 e. The van der Waals surface area contributed by atoms with Gasteiger partial charge in [-0.15, -0.1) is 0 Å². The second-order valence-corrected chi connectivity index (χ2v) is 3.44. The van der Waals surface area contributed by atoms with Crippen LogP contribution in [0.1, 0.15) is 20.8 Å². The van der Waals surface area contributed by atoms with Gasteiger partial charge in [0.15, 0.2) is 0 Å². The van der Waals surface area contributed by atoms with Crippen molar-refractivity contribution < 1.29 is 4.79 Å². The monoisotopic (exact) mass is 164 g/mol. The maximum Gasteiger partial charge on any atom is 0.129 e. The molecule has 0 radical (unpaired) electrons. The van der Waals surface area contributed by atoms with Crippen molar-refractivity contribution in [2.24, 2.45) is 5.41 Å². The van der Waals surface area contributed by atoms with E-state index in [1.807, 2.05) is 26.8 Å². The third-order valence-corrected chi connectivity index (χ3v) is 1.73. The van der Waals surface area contributed by atoms with Crippen LogP contribution in [0.2, 0.25) is 0 Å². The molecule has 1 nitrogen and oxygen atoms in total. The SMILES string of the molecule is C=C/C=C(\C(=C)C)C(C)(C)C=O. The molecule has 1 heteroatoms. The van der Waals surface area contributed by atoms with Crippen LogP contribution in [0.25, 0.3) is 0 Å². The lowest BCUT2D eigenvalue weighted by Gasteiger charge is -2.21. The van der Waals surface area contributed by atoms with Crippen molar-refractivity contribution in [1.29, 1.82) is 0 Å². The summed E-state index contributed by atoms with van der Waals surface area (Å²) < 4.78 is 0. The molecule has 0 aromatic heterocycles. The Morgan fingerprint density at radius 3 is 2.17 bits per heavy atom. The molecule has 0 aliphatic heterocycles. The molecule has 0 heterocycles. The first-order valence-electron chi connectivity index (χ1n) is 3.91. The standard InChI is InChI=1S/C11H16O/c1-6-7-10(9(2)3)11(4,5)8-12/h6-8H,1-2H2,3-5H3/b10-7+. The predicted octanol–water partition coefficient (Wildman–Crippen LogP) is 2.90. The Kier molecular flexibility index (Phi) is 3.68. The van der Waals surface area contributed by atoms with Crippen molar-refractivity contribution in [1.82, 2.24) is 0 Å².